The lowest BCUT2D eigenvalue weighted by Gasteiger charge is -2.51. The number of aldehydes is 1. The predicted molar refractivity (Wildman–Crippen MR) is 120 cm³/mol. The Kier molecular flexibility index (Phi) is 6.86. The van der Waals surface area contributed by atoms with Crippen molar-refractivity contribution in [3.05, 3.63) is 48.0 Å². The monoisotopic (exact) mass is 438 g/mol. The van der Waals surface area contributed by atoms with Crippen molar-refractivity contribution >= 4 is 28.9 Å². The molecule has 2 fully saturated rings. The number of carboxylic acid groups (broad SMARTS) is 1. The standard InChI is InChI=1S/C25H30N2O5/c28-17-19(16-23(29)30)26-24(31)22-12-3-5-14-27(22)25(13-4-6-15-32-25)21-11-7-9-18-8-1-2-10-20(18)21/h1-2,7-11,17,19,22H,3-6,12-16H2,(H,26,31)(H,29,30)/t19-,22-,25?/m0/s1. The van der Waals surface area contributed by atoms with Crippen LogP contribution in [0.2, 0.25) is 0 Å². The van der Waals surface area contributed by atoms with Gasteiger partial charge in [0.25, 0.3) is 0 Å². The smallest absolute Gasteiger partial charge is 0.305 e. The van der Waals surface area contributed by atoms with Crippen molar-refractivity contribution in [1.82, 2.24) is 10.2 Å². The number of carboxylic acids is 1. The van der Waals surface area contributed by atoms with Gasteiger partial charge in [-0.1, -0.05) is 48.9 Å². The Balaban J connectivity index is 1.72. The number of nitrogens with one attached hydrogen (secondary N) is 1. The number of carbonyl (C=O) groups is 3. The van der Waals surface area contributed by atoms with Gasteiger partial charge in [0, 0.05) is 18.7 Å². The number of likely N-dealkylation sites (tertiary alicyclic amines) is 1. The molecule has 2 saturated heterocycles. The van der Waals surface area contributed by atoms with Crippen LogP contribution in [0.4, 0.5) is 0 Å². The van der Waals surface area contributed by atoms with Gasteiger partial charge in [-0.2, -0.15) is 0 Å². The second-order valence-electron chi connectivity index (χ2n) is 8.67. The molecule has 2 aromatic carbocycles. The summed E-state index contributed by atoms with van der Waals surface area (Å²) < 4.78 is 6.56. The normalized spacial score (nSPS) is 25.2. The highest BCUT2D eigenvalue weighted by atomic mass is 16.5. The van der Waals surface area contributed by atoms with Crippen molar-refractivity contribution in [2.75, 3.05) is 13.2 Å². The van der Waals surface area contributed by atoms with E-state index in [2.05, 4.69) is 34.5 Å². The fourth-order valence-electron chi connectivity index (χ4n) is 5.18. The Labute approximate surface area is 187 Å². The maximum Gasteiger partial charge on any atom is 0.305 e. The molecule has 2 aliphatic rings. The molecule has 0 bridgehead atoms. The van der Waals surface area contributed by atoms with Crippen LogP contribution in [-0.2, 0) is 24.8 Å². The van der Waals surface area contributed by atoms with E-state index in [1.54, 1.807) is 0 Å². The zero-order chi connectivity index (χ0) is 22.6. The van der Waals surface area contributed by atoms with Gasteiger partial charge in [0.2, 0.25) is 5.91 Å². The average molecular weight is 439 g/mol. The maximum atomic E-state index is 13.3. The number of carbonyl (C=O) groups excluding carboxylic acids is 2. The van der Waals surface area contributed by atoms with Gasteiger partial charge in [-0.3, -0.25) is 14.5 Å². The minimum atomic E-state index is -1.12. The minimum absolute atomic E-state index is 0.308. The molecule has 0 aromatic heterocycles. The number of rotatable bonds is 7. The zero-order valence-electron chi connectivity index (χ0n) is 18.2. The molecular weight excluding hydrogens is 408 g/mol. The van der Waals surface area contributed by atoms with Gasteiger partial charge < -0.3 is 20.0 Å². The Morgan fingerprint density at radius 3 is 2.72 bits per heavy atom. The third-order valence-electron chi connectivity index (χ3n) is 6.62. The highest BCUT2D eigenvalue weighted by molar-refractivity contribution is 5.88. The second-order valence-corrected chi connectivity index (χ2v) is 8.67. The summed E-state index contributed by atoms with van der Waals surface area (Å²) in [6, 6.07) is 12.9. The van der Waals surface area contributed by atoms with Gasteiger partial charge in [-0.15, -0.1) is 0 Å². The van der Waals surface area contributed by atoms with Crippen LogP contribution in [-0.4, -0.2) is 53.4 Å². The van der Waals surface area contributed by atoms with Crippen molar-refractivity contribution in [1.29, 1.82) is 0 Å². The van der Waals surface area contributed by atoms with E-state index < -0.39 is 30.2 Å². The van der Waals surface area contributed by atoms with Crippen molar-refractivity contribution in [3.8, 4) is 0 Å². The molecule has 1 unspecified atom stereocenters. The van der Waals surface area contributed by atoms with Crippen LogP contribution in [0, 0.1) is 0 Å². The second kappa shape index (κ2) is 9.79. The van der Waals surface area contributed by atoms with Gasteiger partial charge in [0.05, 0.1) is 18.5 Å². The number of benzene rings is 2. The molecule has 1 amide bonds. The minimum Gasteiger partial charge on any atom is -0.481 e. The van der Waals surface area contributed by atoms with Gasteiger partial charge in [0.15, 0.2) is 0 Å². The third kappa shape index (κ3) is 4.40. The van der Waals surface area contributed by atoms with E-state index in [0.717, 1.165) is 48.4 Å². The third-order valence-corrected chi connectivity index (χ3v) is 6.62. The summed E-state index contributed by atoms with van der Waals surface area (Å²) in [5.74, 6) is -1.43. The molecule has 0 saturated carbocycles. The molecule has 0 aliphatic carbocycles. The lowest BCUT2D eigenvalue weighted by molar-refractivity contribution is -0.209. The molecule has 0 spiro atoms. The number of hydrogen-bond donors (Lipinski definition) is 2. The number of amides is 1. The quantitative estimate of drug-likeness (QED) is 0.645. The number of fused-ring (bicyclic) bond motifs is 1. The van der Waals surface area contributed by atoms with Crippen LogP contribution in [0.3, 0.4) is 0 Å². The van der Waals surface area contributed by atoms with Crippen LogP contribution in [0.15, 0.2) is 42.5 Å². The Morgan fingerprint density at radius 2 is 1.97 bits per heavy atom. The summed E-state index contributed by atoms with van der Waals surface area (Å²) in [5.41, 5.74) is 0.331. The average Bonchev–Trinajstić information content (AvgIpc) is 2.83. The van der Waals surface area contributed by atoms with E-state index in [1.807, 2.05) is 18.2 Å². The molecule has 3 atom stereocenters. The van der Waals surface area contributed by atoms with E-state index in [-0.39, 0.29) is 5.91 Å². The fourth-order valence-corrected chi connectivity index (χ4v) is 5.18. The molecule has 0 radical (unpaired) electrons. The SMILES string of the molecule is O=C[C@H](CC(=O)O)NC(=O)[C@@H]1CCCCN1C1(c2cccc3ccccc23)CCCCO1. The summed E-state index contributed by atoms with van der Waals surface area (Å²) in [6.07, 6.45) is 5.30. The number of aliphatic carboxylic acids is 1. The molecule has 2 N–H and O–H groups in total. The van der Waals surface area contributed by atoms with Crippen LogP contribution in [0.25, 0.3) is 10.8 Å². The number of piperidine rings is 1. The first kappa shape index (κ1) is 22.4. The highest BCUT2D eigenvalue weighted by Crippen LogP contribution is 2.44. The summed E-state index contributed by atoms with van der Waals surface area (Å²) in [7, 11) is 0. The number of hydrogen-bond acceptors (Lipinski definition) is 5. The summed E-state index contributed by atoms with van der Waals surface area (Å²) >= 11 is 0. The first-order chi connectivity index (χ1) is 15.5. The van der Waals surface area contributed by atoms with Crippen molar-refractivity contribution in [3.63, 3.8) is 0 Å². The number of ether oxygens (including phenoxy) is 1. The van der Waals surface area contributed by atoms with E-state index in [1.165, 1.54) is 0 Å². The van der Waals surface area contributed by atoms with Crippen molar-refractivity contribution < 1.29 is 24.2 Å². The molecule has 2 aliphatic heterocycles. The zero-order valence-corrected chi connectivity index (χ0v) is 18.2. The Hall–Kier alpha value is -2.77. The largest absolute Gasteiger partial charge is 0.481 e. The molecule has 32 heavy (non-hydrogen) atoms. The van der Waals surface area contributed by atoms with Gasteiger partial charge in [-0.05, 0) is 42.9 Å². The molecule has 4 rings (SSSR count). The molecule has 2 aromatic rings. The van der Waals surface area contributed by atoms with E-state index in [4.69, 9.17) is 9.84 Å². The predicted octanol–water partition coefficient (Wildman–Crippen LogP) is 3.21. The first-order valence-electron chi connectivity index (χ1n) is 11.4. The summed E-state index contributed by atoms with van der Waals surface area (Å²) in [6.45, 7) is 1.32. The molecule has 7 heteroatoms. The Bertz CT molecular complexity index is 980. The first-order valence-corrected chi connectivity index (χ1v) is 11.4. The van der Waals surface area contributed by atoms with Gasteiger partial charge in [0.1, 0.15) is 12.0 Å². The summed E-state index contributed by atoms with van der Waals surface area (Å²) in [5, 5.41) is 13.9. The van der Waals surface area contributed by atoms with Crippen LogP contribution in [0.1, 0.15) is 50.5 Å². The molecule has 7 nitrogen and oxygen atoms in total. The van der Waals surface area contributed by atoms with Gasteiger partial charge in [-0.25, -0.2) is 0 Å². The molecule has 170 valence electrons. The van der Waals surface area contributed by atoms with Crippen molar-refractivity contribution in [2.24, 2.45) is 0 Å². The lowest BCUT2D eigenvalue weighted by Crippen LogP contribution is -2.61. The number of nitrogens with zero attached hydrogens (tertiary/aromatic N) is 1. The topological polar surface area (TPSA) is 95.9 Å². The van der Waals surface area contributed by atoms with E-state index >= 15 is 0 Å². The van der Waals surface area contributed by atoms with E-state index in [0.29, 0.717) is 25.9 Å². The highest BCUT2D eigenvalue weighted by Gasteiger charge is 2.48. The maximum absolute atomic E-state index is 13.3. The van der Waals surface area contributed by atoms with Crippen LogP contribution < -0.4 is 5.32 Å². The van der Waals surface area contributed by atoms with E-state index in [9.17, 15) is 14.4 Å². The van der Waals surface area contributed by atoms with Gasteiger partial charge >= 0.3 is 5.97 Å². The van der Waals surface area contributed by atoms with Crippen LogP contribution in [0.5, 0.6) is 0 Å². The fraction of sp³-hybridized carbons (Fsp3) is 0.480. The molecular formula is C25H30N2O5. The Morgan fingerprint density at radius 1 is 1.16 bits per heavy atom. The van der Waals surface area contributed by atoms with Crippen molar-refractivity contribution in [2.45, 2.75) is 62.8 Å². The molecule has 2 heterocycles. The lowest BCUT2D eigenvalue weighted by atomic mass is 9.85. The van der Waals surface area contributed by atoms with Crippen LogP contribution >= 0.6 is 0 Å². The summed E-state index contributed by atoms with van der Waals surface area (Å²) in [4.78, 5) is 37.9.